The van der Waals surface area contributed by atoms with Crippen LogP contribution < -0.4 is 10.6 Å². The number of rotatable bonds is 9. The van der Waals surface area contributed by atoms with E-state index >= 15 is 0 Å². The average molecular weight is 532 g/mol. The molecule has 1 amide bonds. The Morgan fingerprint density at radius 2 is 1.75 bits per heavy atom. The number of carbonyl (C=O) groups is 1. The summed E-state index contributed by atoms with van der Waals surface area (Å²) in [5.74, 6) is 0.911. The molecule has 1 unspecified atom stereocenters. The van der Waals surface area contributed by atoms with Crippen LogP contribution in [-0.2, 0) is 17.6 Å². The molecule has 2 aliphatic rings. The summed E-state index contributed by atoms with van der Waals surface area (Å²) in [5, 5.41) is 6.49. The first kappa shape index (κ1) is 26.2. The first-order valence-electron chi connectivity index (χ1n) is 14.5. The van der Waals surface area contributed by atoms with Crippen LogP contribution in [0, 0.1) is 6.92 Å². The summed E-state index contributed by atoms with van der Waals surface area (Å²) in [6.45, 7) is 6.54. The summed E-state index contributed by atoms with van der Waals surface area (Å²) in [7, 11) is 0. The number of benzene rings is 3. The van der Waals surface area contributed by atoms with Gasteiger partial charge in [-0.2, -0.15) is 0 Å². The number of nitrogens with zero attached hydrogens (tertiary/aromatic N) is 3. The number of fused-ring (bicyclic) bond motifs is 3. The van der Waals surface area contributed by atoms with Crippen molar-refractivity contribution in [1.29, 1.82) is 0 Å². The van der Waals surface area contributed by atoms with Crippen LogP contribution >= 0.6 is 0 Å². The highest BCUT2D eigenvalue weighted by atomic mass is 16.1. The number of aromatic nitrogens is 2. The molecule has 6 heteroatoms. The number of nitrogens with one attached hydrogen (secondary N) is 2. The van der Waals surface area contributed by atoms with Gasteiger partial charge in [-0.25, -0.2) is 9.97 Å². The molecule has 6 nitrogen and oxygen atoms in total. The van der Waals surface area contributed by atoms with E-state index in [0.29, 0.717) is 12.4 Å². The van der Waals surface area contributed by atoms with Gasteiger partial charge in [0.15, 0.2) is 0 Å². The van der Waals surface area contributed by atoms with Gasteiger partial charge in [-0.05, 0) is 86.6 Å². The van der Waals surface area contributed by atoms with E-state index in [1.54, 1.807) is 0 Å². The van der Waals surface area contributed by atoms with Crippen molar-refractivity contribution in [3.05, 3.63) is 107 Å². The van der Waals surface area contributed by atoms with E-state index in [2.05, 4.69) is 56.9 Å². The minimum Gasteiger partial charge on any atom is -0.354 e. The Morgan fingerprint density at radius 1 is 0.975 bits per heavy atom. The molecule has 0 radical (unpaired) electrons. The molecular formula is C34H37N5O. The summed E-state index contributed by atoms with van der Waals surface area (Å²) in [4.78, 5) is 24.8. The van der Waals surface area contributed by atoms with Crippen molar-refractivity contribution in [2.75, 3.05) is 36.8 Å². The summed E-state index contributed by atoms with van der Waals surface area (Å²) in [5.41, 5.74) is 8.90. The van der Waals surface area contributed by atoms with Crippen LogP contribution in [0.3, 0.4) is 0 Å². The second kappa shape index (κ2) is 12.0. The predicted molar refractivity (Wildman–Crippen MR) is 162 cm³/mol. The van der Waals surface area contributed by atoms with Gasteiger partial charge in [0.25, 0.3) is 0 Å². The van der Waals surface area contributed by atoms with Gasteiger partial charge in [0.1, 0.15) is 0 Å². The molecule has 1 aliphatic heterocycles. The quantitative estimate of drug-likeness (QED) is 0.251. The Labute approximate surface area is 236 Å². The van der Waals surface area contributed by atoms with Gasteiger partial charge in [-0.3, -0.25) is 4.79 Å². The third-order valence-electron chi connectivity index (χ3n) is 8.09. The Morgan fingerprint density at radius 3 is 2.55 bits per heavy atom. The van der Waals surface area contributed by atoms with E-state index in [4.69, 9.17) is 4.98 Å². The zero-order chi connectivity index (χ0) is 27.3. The molecule has 2 N–H and O–H groups in total. The summed E-state index contributed by atoms with van der Waals surface area (Å²) in [6, 6.07) is 24.9. The number of likely N-dealkylation sites (tertiary alicyclic amines) is 1. The third kappa shape index (κ3) is 6.07. The van der Waals surface area contributed by atoms with Crippen molar-refractivity contribution in [3.8, 4) is 11.3 Å². The first-order chi connectivity index (χ1) is 19.6. The van der Waals surface area contributed by atoms with Crippen molar-refractivity contribution >= 4 is 17.5 Å². The van der Waals surface area contributed by atoms with Crippen LogP contribution in [0.25, 0.3) is 11.3 Å². The Bertz CT molecular complexity index is 1460. The molecule has 204 valence electrons. The maximum Gasteiger partial charge on any atom is 0.228 e. The van der Waals surface area contributed by atoms with Crippen LogP contribution in [0.15, 0.2) is 79.0 Å². The fraction of sp³-hybridized carbons (Fsp3) is 0.324. The molecule has 6 rings (SSSR count). The normalized spacial score (nSPS) is 16.3. The second-order valence-corrected chi connectivity index (χ2v) is 11.1. The number of carbonyl (C=O) groups excluding carboxylic acids is 1. The molecule has 0 bridgehead atoms. The van der Waals surface area contributed by atoms with Crippen LogP contribution in [-0.4, -0.2) is 47.0 Å². The fourth-order valence-electron chi connectivity index (χ4n) is 5.92. The average Bonchev–Trinajstić information content (AvgIpc) is 3.50. The maximum atomic E-state index is 12.6. The van der Waals surface area contributed by atoms with Gasteiger partial charge in [0.05, 0.1) is 12.1 Å². The van der Waals surface area contributed by atoms with Gasteiger partial charge in [0.2, 0.25) is 11.9 Å². The highest BCUT2D eigenvalue weighted by molar-refractivity contribution is 5.92. The largest absolute Gasteiger partial charge is 0.354 e. The van der Waals surface area contributed by atoms with E-state index in [1.165, 1.54) is 53.7 Å². The molecule has 1 saturated heterocycles. The van der Waals surface area contributed by atoms with Crippen LogP contribution in [0.5, 0.6) is 0 Å². The molecule has 0 spiro atoms. The van der Waals surface area contributed by atoms with Gasteiger partial charge in [-0.1, -0.05) is 66.2 Å². The molecule has 1 aromatic heterocycles. The minimum atomic E-state index is -0.00819. The van der Waals surface area contributed by atoms with E-state index in [-0.39, 0.29) is 11.8 Å². The third-order valence-corrected chi connectivity index (χ3v) is 8.09. The fourth-order valence-corrected chi connectivity index (χ4v) is 5.92. The lowest BCUT2D eigenvalue weighted by Crippen LogP contribution is -2.22. The van der Waals surface area contributed by atoms with Crippen molar-refractivity contribution in [2.24, 2.45) is 0 Å². The Kier molecular flexibility index (Phi) is 7.87. The van der Waals surface area contributed by atoms with E-state index in [9.17, 15) is 4.79 Å². The molecule has 1 aliphatic carbocycles. The second-order valence-electron chi connectivity index (χ2n) is 11.1. The van der Waals surface area contributed by atoms with Gasteiger partial charge < -0.3 is 15.5 Å². The van der Waals surface area contributed by atoms with Crippen LogP contribution in [0.4, 0.5) is 11.6 Å². The zero-order valence-electron chi connectivity index (χ0n) is 23.2. The lowest BCUT2D eigenvalue weighted by Gasteiger charge is -2.27. The van der Waals surface area contributed by atoms with Crippen molar-refractivity contribution in [3.63, 3.8) is 0 Å². The standard InChI is InChI=1S/C34H37N5O/c1-24-9-11-25(12-10-24)21-32(40)37-28-15-13-26(14-16-28)31-22-27-23-36-34(35-17-6-20-39-18-4-5-19-39)38-33(27)30-8-3-2-7-29(30)31/h2-3,7-16,23,31H,4-6,17-22H2,1H3,(H,37,40)(H,35,36,38). The molecule has 2 heterocycles. The molecule has 40 heavy (non-hydrogen) atoms. The van der Waals surface area contributed by atoms with Gasteiger partial charge >= 0.3 is 0 Å². The predicted octanol–water partition coefficient (Wildman–Crippen LogP) is 6.22. The topological polar surface area (TPSA) is 70.2 Å². The molecule has 1 fully saturated rings. The molecule has 4 aromatic rings. The SMILES string of the molecule is Cc1ccc(CC(=O)Nc2ccc(C3Cc4cnc(NCCCN5CCCC5)nc4-c4ccccc43)cc2)cc1. The van der Waals surface area contributed by atoms with Gasteiger partial charge in [-0.15, -0.1) is 0 Å². The number of anilines is 2. The highest BCUT2D eigenvalue weighted by Gasteiger charge is 2.27. The van der Waals surface area contributed by atoms with Crippen molar-refractivity contribution in [2.45, 2.75) is 44.9 Å². The Balaban J connectivity index is 1.12. The number of hydrogen-bond donors (Lipinski definition) is 2. The van der Waals surface area contributed by atoms with Crippen molar-refractivity contribution in [1.82, 2.24) is 14.9 Å². The lowest BCUT2D eigenvalue weighted by molar-refractivity contribution is -0.115. The summed E-state index contributed by atoms with van der Waals surface area (Å²) in [6.07, 6.45) is 6.97. The van der Waals surface area contributed by atoms with Crippen LogP contribution in [0.1, 0.15) is 53.0 Å². The monoisotopic (exact) mass is 531 g/mol. The molecule has 3 aromatic carbocycles. The van der Waals surface area contributed by atoms with E-state index < -0.39 is 0 Å². The molecular weight excluding hydrogens is 494 g/mol. The van der Waals surface area contributed by atoms with Crippen molar-refractivity contribution < 1.29 is 4.79 Å². The van der Waals surface area contributed by atoms with Gasteiger partial charge in [0, 0.05) is 29.9 Å². The lowest BCUT2D eigenvalue weighted by atomic mass is 9.78. The summed E-state index contributed by atoms with van der Waals surface area (Å²) >= 11 is 0. The summed E-state index contributed by atoms with van der Waals surface area (Å²) < 4.78 is 0. The number of aryl methyl sites for hydroxylation is 1. The van der Waals surface area contributed by atoms with Crippen LogP contribution in [0.2, 0.25) is 0 Å². The smallest absolute Gasteiger partial charge is 0.228 e. The number of amides is 1. The van der Waals surface area contributed by atoms with E-state index in [0.717, 1.165) is 42.9 Å². The molecule has 1 atom stereocenters. The maximum absolute atomic E-state index is 12.6. The zero-order valence-corrected chi connectivity index (χ0v) is 23.2. The highest BCUT2D eigenvalue weighted by Crippen LogP contribution is 2.42. The van der Waals surface area contributed by atoms with E-state index in [1.807, 2.05) is 49.5 Å². The Hall–Kier alpha value is -4.03. The first-order valence-corrected chi connectivity index (χ1v) is 14.5. The number of hydrogen-bond acceptors (Lipinski definition) is 5. The minimum absolute atomic E-state index is 0.00819. The molecule has 0 saturated carbocycles.